The second-order valence-corrected chi connectivity index (χ2v) is 6.71. The molecule has 0 amide bonds. The summed E-state index contributed by atoms with van der Waals surface area (Å²) < 4.78 is 1.19. The Balaban J connectivity index is 1.93. The highest BCUT2D eigenvalue weighted by atomic mass is 79.9. The molecule has 0 radical (unpaired) electrons. The third-order valence-corrected chi connectivity index (χ3v) is 4.94. The highest BCUT2D eigenvalue weighted by Gasteiger charge is 2.23. The summed E-state index contributed by atoms with van der Waals surface area (Å²) >= 11 is 3.60. The normalized spacial score (nSPS) is 18.7. The van der Waals surface area contributed by atoms with Crippen molar-refractivity contribution in [2.45, 2.75) is 57.8 Å². The molecule has 3 rings (SSSR count). The topological polar surface area (TPSA) is 15.8 Å². The molecule has 2 heteroatoms. The van der Waals surface area contributed by atoms with Crippen LogP contribution in [0, 0.1) is 0 Å². The molecule has 2 aromatic rings. The van der Waals surface area contributed by atoms with Gasteiger partial charge in [-0.1, -0.05) is 42.1 Å². The largest absolute Gasteiger partial charge is 0.358 e. The van der Waals surface area contributed by atoms with E-state index < -0.39 is 0 Å². The Morgan fingerprint density at radius 2 is 2.21 bits per heavy atom. The zero-order valence-corrected chi connectivity index (χ0v) is 13.2. The summed E-state index contributed by atoms with van der Waals surface area (Å²) in [5.74, 6) is 0.765. The molecule has 0 bridgehead atoms. The van der Waals surface area contributed by atoms with Gasteiger partial charge in [-0.2, -0.15) is 0 Å². The molecule has 19 heavy (non-hydrogen) atoms. The summed E-state index contributed by atoms with van der Waals surface area (Å²) in [6, 6.07) is 6.62. The quantitative estimate of drug-likeness (QED) is 0.672. The van der Waals surface area contributed by atoms with E-state index in [9.17, 15) is 0 Å². The SMILES string of the molecule is CCCCCC1CCCc2c1[nH]c1ccc(Br)cc21. The van der Waals surface area contributed by atoms with Crippen molar-refractivity contribution in [3.8, 4) is 0 Å². The van der Waals surface area contributed by atoms with Crippen molar-refractivity contribution >= 4 is 26.8 Å². The van der Waals surface area contributed by atoms with Crippen LogP contribution >= 0.6 is 15.9 Å². The summed E-state index contributed by atoms with van der Waals surface area (Å²) in [5.41, 5.74) is 4.44. The van der Waals surface area contributed by atoms with Crippen LogP contribution in [0.25, 0.3) is 10.9 Å². The first-order valence-electron chi connectivity index (χ1n) is 7.59. The number of hydrogen-bond donors (Lipinski definition) is 1. The van der Waals surface area contributed by atoms with Crippen LogP contribution in [0.4, 0.5) is 0 Å². The average molecular weight is 320 g/mol. The van der Waals surface area contributed by atoms with Crippen molar-refractivity contribution in [2.24, 2.45) is 0 Å². The summed E-state index contributed by atoms with van der Waals surface area (Å²) in [6.45, 7) is 2.28. The van der Waals surface area contributed by atoms with Gasteiger partial charge in [0.1, 0.15) is 0 Å². The van der Waals surface area contributed by atoms with E-state index in [0.29, 0.717) is 0 Å². The Hall–Kier alpha value is -0.760. The third kappa shape index (κ3) is 2.60. The standard InChI is InChI=1S/C17H22BrN/c1-2-3-4-6-12-7-5-8-14-15-11-13(18)9-10-16(15)19-17(12)14/h9-12,19H,2-8H2,1H3. The molecule has 1 aromatic heterocycles. The summed E-state index contributed by atoms with van der Waals surface area (Å²) in [6.07, 6.45) is 9.38. The van der Waals surface area contributed by atoms with E-state index in [-0.39, 0.29) is 0 Å². The number of aromatic amines is 1. The molecule has 0 spiro atoms. The molecule has 0 fully saturated rings. The van der Waals surface area contributed by atoms with Crippen molar-refractivity contribution in [3.63, 3.8) is 0 Å². The maximum Gasteiger partial charge on any atom is 0.0459 e. The van der Waals surface area contributed by atoms with Gasteiger partial charge in [0, 0.05) is 21.1 Å². The monoisotopic (exact) mass is 319 g/mol. The molecule has 1 unspecified atom stereocenters. The van der Waals surface area contributed by atoms with E-state index in [2.05, 4.69) is 46.0 Å². The highest BCUT2D eigenvalue weighted by molar-refractivity contribution is 9.10. The lowest BCUT2D eigenvalue weighted by molar-refractivity contribution is 0.487. The van der Waals surface area contributed by atoms with E-state index in [4.69, 9.17) is 0 Å². The van der Waals surface area contributed by atoms with Crippen molar-refractivity contribution in [3.05, 3.63) is 33.9 Å². The van der Waals surface area contributed by atoms with Crippen LogP contribution in [0.5, 0.6) is 0 Å². The Bertz CT molecular complexity index is 570. The molecular formula is C17H22BrN. The molecule has 1 atom stereocenters. The van der Waals surface area contributed by atoms with Gasteiger partial charge >= 0.3 is 0 Å². The second kappa shape index (κ2) is 5.70. The minimum Gasteiger partial charge on any atom is -0.358 e. The smallest absolute Gasteiger partial charge is 0.0459 e. The van der Waals surface area contributed by atoms with Gasteiger partial charge in [0.25, 0.3) is 0 Å². The maximum atomic E-state index is 3.70. The number of fused-ring (bicyclic) bond motifs is 3. The minimum absolute atomic E-state index is 0.765. The fourth-order valence-corrected chi connectivity index (χ4v) is 3.82. The summed E-state index contributed by atoms with van der Waals surface area (Å²) in [4.78, 5) is 3.70. The zero-order chi connectivity index (χ0) is 13.2. The Labute approximate surface area is 123 Å². The van der Waals surface area contributed by atoms with Crippen LogP contribution < -0.4 is 0 Å². The fraction of sp³-hybridized carbons (Fsp3) is 0.529. The number of rotatable bonds is 4. The third-order valence-electron chi connectivity index (χ3n) is 4.44. The lowest BCUT2D eigenvalue weighted by Gasteiger charge is -2.22. The molecule has 1 heterocycles. The van der Waals surface area contributed by atoms with E-state index >= 15 is 0 Å². The first-order chi connectivity index (χ1) is 9.29. The predicted octanol–water partition coefficient (Wildman–Crippen LogP) is 5.93. The van der Waals surface area contributed by atoms with Crippen LogP contribution in [0.15, 0.2) is 22.7 Å². The van der Waals surface area contributed by atoms with Gasteiger partial charge in [0.2, 0.25) is 0 Å². The molecular weight excluding hydrogens is 298 g/mol. The van der Waals surface area contributed by atoms with Crippen LogP contribution in [0.3, 0.4) is 0 Å². The molecule has 1 aromatic carbocycles. The zero-order valence-electron chi connectivity index (χ0n) is 11.6. The van der Waals surface area contributed by atoms with Crippen LogP contribution in [0.2, 0.25) is 0 Å². The van der Waals surface area contributed by atoms with Crippen LogP contribution in [-0.4, -0.2) is 4.98 Å². The number of halogens is 1. The number of aromatic nitrogens is 1. The van der Waals surface area contributed by atoms with Gasteiger partial charge in [-0.3, -0.25) is 0 Å². The van der Waals surface area contributed by atoms with Gasteiger partial charge in [-0.25, -0.2) is 0 Å². The van der Waals surface area contributed by atoms with Crippen LogP contribution in [-0.2, 0) is 6.42 Å². The van der Waals surface area contributed by atoms with E-state index in [0.717, 1.165) is 5.92 Å². The van der Waals surface area contributed by atoms with Crippen LogP contribution in [0.1, 0.15) is 62.6 Å². The maximum absolute atomic E-state index is 3.70. The second-order valence-electron chi connectivity index (χ2n) is 5.79. The molecule has 0 saturated carbocycles. The van der Waals surface area contributed by atoms with Gasteiger partial charge in [0.05, 0.1) is 0 Å². The van der Waals surface area contributed by atoms with E-state index in [1.165, 1.54) is 66.0 Å². The van der Waals surface area contributed by atoms with Gasteiger partial charge in [0.15, 0.2) is 0 Å². The predicted molar refractivity (Wildman–Crippen MR) is 85.8 cm³/mol. The molecule has 1 nitrogen and oxygen atoms in total. The minimum atomic E-state index is 0.765. The molecule has 102 valence electrons. The lowest BCUT2D eigenvalue weighted by Crippen LogP contribution is -2.09. The van der Waals surface area contributed by atoms with E-state index in [1.54, 1.807) is 5.56 Å². The lowest BCUT2D eigenvalue weighted by atomic mass is 9.84. The first kappa shape index (κ1) is 13.2. The summed E-state index contributed by atoms with van der Waals surface area (Å²) in [7, 11) is 0. The number of aryl methyl sites for hydroxylation is 1. The van der Waals surface area contributed by atoms with Gasteiger partial charge in [-0.05, 0) is 55.4 Å². The molecule has 1 aliphatic carbocycles. The Kier molecular flexibility index (Phi) is 3.97. The molecule has 0 aliphatic heterocycles. The summed E-state index contributed by atoms with van der Waals surface area (Å²) in [5, 5.41) is 1.43. The highest BCUT2D eigenvalue weighted by Crippen LogP contribution is 2.39. The number of H-pyrrole nitrogens is 1. The molecule has 1 aliphatic rings. The van der Waals surface area contributed by atoms with Crippen molar-refractivity contribution in [2.75, 3.05) is 0 Å². The number of hydrogen-bond acceptors (Lipinski definition) is 0. The number of unbranched alkanes of at least 4 members (excludes halogenated alkanes) is 2. The number of benzene rings is 1. The Morgan fingerprint density at radius 1 is 1.32 bits per heavy atom. The molecule has 1 N–H and O–H groups in total. The van der Waals surface area contributed by atoms with Gasteiger partial charge < -0.3 is 4.98 Å². The van der Waals surface area contributed by atoms with E-state index in [1.807, 2.05) is 0 Å². The van der Waals surface area contributed by atoms with Crippen molar-refractivity contribution in [1.82, 2.24) is 4.98 Å². The molecule has 0 saturated heterocycles. The number of nitrogens with one attached hydrogen (secondary N) is 1. The average Bonchev–Trinajstić information content (AvgIpc) is 2.78. The van der Waals surface area contributed by atoms with Crippen molar-refractivity contribution in [1.29, 1.82) is 0 Å². The first-order valence-corrected chi connectivity index (χ1v) is 8.39. The fourth-order valence-electron chi connectivity index (χ4n) is 3.46. The van der Waals surface area contributed by atoms with Crippen molar-refractivity contribution < 1.29 is 0 Å². The Morgan fingerprint density at radius 3 is 3.05 bits per heavy atom. The van der Waals surface area contributed by atoms with Gasteiger partial charge in [-0.15, -0.1) is 0 Å².